The molecule has 0 unspecified atom stereocenters. The minimum Gasteiger partial charge on any atom is -0.379 e. The molecule has 0 atom stereocenters. The molecule has 1 saturated heterocycles. The van der Waals surface area contributed by atoms with E-state index in [-0.39, 0.29) is 6.03 Å². The summed E-state index contributed by atoms with van der Waals surface area (Å²) in [6, 6.07) is 7.84. The molecule has 3 rings (SSSR count). The van der Waals surface area contributed by atoms with Crippen LogP contribution < -0.4 is 15.5 Å². The number of urea groups is 1. The average Bonchev–Trinajstić information content (AvgIpc) is 3.08. The molecule has 0 saturated carbocycles. The van der Waals surface area contributed by atoms with Crippen molar-refractivity contribution in [1.82, 2.24) is 10.3 Å². The van der Waals surface area contributed by atoms with Gasteiger partial charge in [-0.05, 0) is 24.3 Å². The second-order valence-corrected chi connectivity index (χ2v) is 4.98. The lowest BCUT2D eigenvalue weighted by molar-refractivity contribution is 0.252. The summed E-state index contributed by atoms with van der Waals surface area (Å²) in [5, 5.41) is 8.12. The zero-order chi connectivity index (χ0) is 13.1. The minimum atomic E-state index is -0.0248. The predicted octanol–water partition coefficient (Wildman–Crippen LogP) is 2.28. The van der Waals surface area contributed by atoms with E-state index in [1.54, 1.807) is 16.2 Å². The molecule has 1 aliphatic heterocycles. The zero-order valence-corrected chi connectivity index (χ0v) is 11.1. The largest absolute Gasteiger partial charge is 0.379 e. The van der Waals surface area contributed by atoms with Crippen molar-refractivity contribution in [3.63, 3.8) is 0 Å². The van der Waals surface area contributed by atoms with Crippen molar-refractivity contribution in [3.05, 3.63) is 40.8 Å². The van der Waals surface area contributed by atoms with E-state index in [1.165, 1.54) is 0 Å². The van der Waals surface area contributed by atoms with Crippen LogP contribution in [-0.2, 0) is 6.54 Å². The van der Waals surface area contributed by atoms with Crippen molar-refractivity contribution in [1.29, 1.82) is 0 Å². The van der Waals surface area contributed by atoms with Crippen molar-refractivity contribution in [2.24, 2.45) is 0 Å². The van der Waals surface area contributed by atoms with Gasteiger partial charge in [-0.1, -0.05) is 0 Å². The van der Waals surface area contributed by atoms with Crippen molar-refractivity contribution >= 4 is 28.7 Å². The number of hydrogen-bond donors (Lipinski definition) is 2. The standard InChI is InChI=1S/C13H14N4OS/c18-13-14-5-6-17(13)12-3-1-10(2-4-12)15-7-11-8-19-9-16-11/h1-4,8-9,15H,5-7H2,(H,14,18). The van der Waals surface area contributed by atoms with Crippen LogP contribution in [0.4, 0.5) is 16.2 Å². The van der Waals surface area contributed by atoms with Gasteiger partial charge in [-0.25, -0.2) is 9.78 Å². The highest BCUT2D eigenvalue weighted by Gasteiger charge is 2.20. The third-order valence-electron chi connectivity index (χ3n) is 2.99. The molecule has 19 heavy (non-hydrogen) atoms. The molecule has 6 heteroatoms. The van der Waals surface area contributed by atoms with E-state index in [4.69, 9.17) is 0 Å². The van der Waals surface area contributed by atoms with Crippen LogP contribution in [0.3, 0.4) is 0 Å². The summed E-state index contributed by atoms with van der Waals surface area (Å²) in [4.78, 5) is 17.5. The first-order valence-electron chi connectivity index (χ1n) is 6.09. The number of carbonyl (C=O) groups excluding carboxylic acids is 1. The smallest absolute Gasteiger partial charge is 0.321 e. The second-order valence-electron chi connectivity index (χ2n) is 4.26. The Morgan fingerprint density at radius 3 is 2.84 bits per heavy atom. The van der Waals surface area contributed by atoms with Crippen LogP contribution in [0.5, 0.6) is 0 Å². The Hall–Kier alpha value is -2.08. The van der Waals surface area contributed by atoms with E-state index < -0.39 is 0 Å². The van der Waals surface area contributed by atoms with Crippen molar-refractivity contribution in [3.8, 4) is 0 Å². The van der Waals surface area contributed by atoms with Crippen LogP contribution in [0.2, 0.25) is 0 Å². The van der Waals surface area contributed by atoms with Crippen LogP contribution in [0.25, 0.3) is 0 Å². The first-order chi connectivity index (χ1) is 9.33. The Morgan fingerprint density at radius 2 is 2.21 bits per heavy atom. The number of carbonyl (C=O) groups is 1. The molecule has 2 N–H and O–H groups in total. The number of benzene rings is 1. The van der Waals surface area contributed by atoms with E-state index in [0.29, 0.717) is 13.1 Å². The SMILES string of the molecule is O=C1NCCN1c1ccc(NCc2cscn2)cc1. The molecule has 0 bridgehead atoms. The van der Waals surface area contributed by atoms with Gasteiger partial charge in [0.25, 0.3) is 0 Å². The lowest BCUT2D eigenvalue weighted by Crippen LogP contribution is -2.27. The highest BCUT2D eigenvalue weighted by Crippen LogP contribution is 2.19. The fourth-order valence-corrected chi connectivity index (χ4v) is 2.55. The fourth-order valence-electron chi connectivity index (χ4n) is 1.99. The number of rotatable bonds is 4. The average molecular weight is 274 g/mol. The van der Waals surface area contributed by atoms with Gasteiger partial charge in [0.2, 0.25) is 0 Å². The molecule has 0 radical (unpaired) electrons. The Morgan fingerprint density at radius 1 is 1.37 bits per heavy atom. The summed E-state index contributed by atoms with van der Waals surface area (Å²) in [5.41, 5.74) is 4.81. The predicted molar refractivity (Wildman–Crippen MR) is 76.6 cm³/mol. The van der Waals surface area contributed by atoms with E-state index in [2.05, 4.69) is 15.6 Å². The molecule has 2 aromatic rings. The van der Waals surface area contributed by atoms with Crippen LogP contribution in [0.15, 0.2) is 35.2 Å². The highest BCUT2D eigenvalue weighted by molar-refractivity contribution is 7.07. The molecule has 2 heterocycles. The number of aromatic nitrogens is 1. The maximum Gasteiger partial charge on any atom is 0.321 e. The zero-order valence-electron chi connectivity index (χ0n) is 10.3. The molecule has 0 spiro atoms. The van der Waals surface area contributed by atoms with Gasteiger partial charge in [-0.3, -0.25) is 4.90 Å². The number of nitrogens with one attached hydrogen (secondary N) is 2. The van der Waals surface area contributed by atoms with Gasteiger partial charge < -0.3 is 10.6 Å². The molecule has 1 aliphatic rings. The van der Waals surface area contributed by atoms with Crippen molar-refractivity contribution in [2.45, 2.75) is 6.54 Å². The molecular weight excluding hydrogens is 260 g/mol. The molecule has 1 fully saturated rings. The lowest BCUT2D eigenvalue weighted by Gasteiger charge is -2.14. The Labute approximate surface area is 115 Å². The van der Waals surface area contributed by atoms with Gasteiger partial charge in [0.1, 0.15) is 0 Å². The molecule has 2 amide bonds. The molecule has 5 nitrogen and oxygen atoms in total. The van der Waals surface area contributed by atoms with Crippen molar-refractivity contribution < 1.29 is 4.79 Å². The first-order valence-corrected chi connectivity index (χ1v) is 7.03. The third kappa shape index (κ3) is 2.68. The number of nitrogens with zero attached hydrogens (tertiary/aromatic N) is 2. The first kappa shape index (κ1) is 12.0. The van der Waals surface area contributed by atoms with E-state index >= 15 is 0 Å². The van der Waals surface area contributed by atoms with Gasteiger partial charge in [-0.2, -0.15) is 0 Å². The lowest BCUT2D eigenvalue weighted by atomic mass is 10.2. The second kappa shape index (κ2) is 5.27. The van der Waals surface area contributed by atoms with E-state index in [0.717, 1.165) is 23.6 Å². The molecule has 0 aliphatic carbocycles. The summed E-state index contributed by atoms with van der Waals surface area (Å²) in [6.45, 7) is 2.15. The number of amides is 2. The molecular formula is C13H14N4OS. The van der Waals surface area contributed by atoms with Crippen molar-refractivity contribution in [2.75, 3.05) is 23.3 Å². The molecule has 98 valence electrons. The third-order valence-corrected chi connectivity index (χ3v) is 3.63. The van der Waals surface area contributed by atoms with Crippen LogP contribution in [0, 0.1) is 0 Å². The Bertz CT molecular complexity index is 553. The number of thiazole rings is 1. The normalized spacial score (nSPS) is 14.5. The number of anilines is 2. The Balaban J connectivity index is 1.64. The number of hydrogen-bond acceptors (Lipinski definition) is 4. The monoisotopic (exact) mass is 274 g/mol. The maximum atomic E-state index is 11.5. The summed E-state index contributed by atoms with van der Waals surface area (Å²) in [6.07, 6.45) is 0. The van der Waals surface area contributed by atoms with Crippen LogP contribution in [-0.4, -0.2) is 24.1 Å². The van der Waals surface area contributed by atoms with Gasteiger partial charge in [0.05, 0.1) is 17.7 Å². The summed E-state index contributed by atoms with van der Waals surface area (Å²) >= 11 is 1.59. The quantitative estimate of drug-likeness (QED) is 0.899. The van der Waals surface area contributed by atoms with E-state index in [9.17, 15) is 4.79 Å². The van der Waals surface area contributed by atoms with Gasteiger partial charge in [0.15, 0.2) is 0 Å². The fraction of sp³-hybridized carbons (Fsp3) is 0.231. The van der Waals surface area contributed by atoms with Crippen LogP contribution >= 0.6 is 11.3 Å². The summed E-state index contributed by atoms with van der Waals surface area (Å²) < 4.78 is 0. The van der Waals surface area contributed by atoms with Gasteiger partial charge >= 0.3 is 6.03 Å². The van der Waals surface area contributed by atoms with Gasteiger partial charge in [0, 0.05) is 29.8 Å². The maximum absolute atomic E-state index is 11.5. The molecule has 1 aromatic heterocycles. The summed E-state index contributed by atoms with van der Waals surface area (Å²) in [7, 11) is 0. The highest BCUT2D eigenvalue weighted by atomic mass is 32.1. The molecule has 1 aromatic carbocycles. The van der Waals surface area contributed by atoms with Gasteiger partial charge in [-0.15, -0.1) is 11.3 Å². The summed E-state index contributed by atoms with van der Waals surface area (Å²) in [5.74, 6) is 0. The van der Waals surface area contributed by atoms with Crippen LogP contribution in [0.1, 0.15) is 5.69 Å². The Kier molecular flexibility index (Phi) is 3.33. The topological polar surface area (TPSA) is 57.3 Å². The van der Waals surface area contributed by atoms with E-state index in [1.807, 2.05) is 35.2 Å². The minimum absolute atomic E-state index is 0.0248.